The molecule has 4 N–H and O–H groups in total. The number of carboxylic acid groups (broad SMARTS) is 1. The van der Waals surface area contributed by atoms with Gasteiger partial charge in [0.15, 0.2) is 0 Å². The molecule has 0 aliphatic carbocycles. The number of benzene rings is 1. The zero-order valence-electron chi connectivity index (χ0n) is 13.0. The topological polar surface area (TPSA) is 98.7 Å². The summed E-state index contributed by atoms with van der Waals surface area (Å²) in [5, 5.41) is 20.8. The van der Waals surface area contributed by atoms with Crippen molar-refractivity contribution in [2.24, 2.45) is 5.92 Å². The predicted molar refractivity (Wildman–Crippen MR) is 83.1 cm³/mol. The minimum Gasteiger partial charge on any atom is -0.480 e. The van der Waals surface area contributed by atoms with Gasteiger partial charge in [0.25, 0.3) is 5.91 Å². The van der Waals surface area contributed by atoms with Gasteiger partial charge >= 0.3 is 5.97 Å². The van der Waals surface area contributed by atoms with Crippen LogP contribution < -0.4 is 10.8 Å². The fourth-order valence-corrected chi connectivity index (χ4v) is 1.77. The van der Waals surface area contributed by atoms with Crippen molar-refractivity contribution in [3.05, 3.63) is 41.5 Å². The molecule has 1 aromatic rings. The molecule has 0 aromatic heterocycles. The summed E-state index contributed by atoms with van der Waals surface area (Å²) in [4.78, 5) is 22.3. The normalized spacial score (nSPS) is 14.0. The van der Waals surface area contributed by atoms with Gasteiger partial charge in [-0.1, -0.05) is 38.1 Å². The molecule has 1 atom stereocenters. The van der Waals surface area contributed by atoms with Crippen LogP contribution in [-0.4, -0.2) is 27.7 Å². The molecular formula is C16H22N2O4. The molecule has 6 nitrogen and oxygen atoms in total. The molecule has 1 amide bonds. The van der Waals surface area contributed by atoms with Gasteiger partial charge in [0.05, 0.1) is 0 Å². The number of hydrogen-bond acceptors (Lipinski definition) is 4. The van der Waals surface area contributed by atoms with Crippen molar-refractivity contribution in [1.29, 1.82) is 0 Å². The van der Waals surface area contributed by atoms with Gasteiger partial charge in [0, 0.05) is 12.6 Å². The van der Waals surface area contributed by atoms with Gasteiger partial charge < -0.3 is 5.11 Å². The molecule has 1 rings (SSSR count). The molecule has 22 heavy (non-hydrogen) atoms. The highest BCUT2D eigenvalue weighted by atomic mass is 16.5. The molecule has 0 saturated heterocycles. The maximum absolute atomic E-state index is 11.4. The molecule has 0 radical (unpaired) electrons. The molecule has 0 spiro atoms. The highest BCUT2D eigenvalue weighted by Gasteiger charge is 2.35. The largest absolute Gasteiger partial charge is 0.480 e. The van der Waals surface area contributed by atoms with Crippen LogP contribution in [-0.2, 0) is 16.1 Å². The third-order valence-electron chi connectivity index (χ3n) is 3.78. The van der Waals surface area contributed by atoms with E-state index in [-0.39, 0.29) is 5.92 Å². The second-order valence-corrected chi connectivity index (χ2v) is 5.57. The number of carbonyl (C=O) groups excluding carboxylic acids is 1. The second-order valence-electron chi connectivity index (χ2n) is 5.57. The Balaban J connectivity index is 2.70. The van der Waals surface area contributed by atoms with Crippen LogP contribution in [0.15, 0.2) is 30.3 Å². The molecule has 0 fully saturated rings. The van der Waals surface area contributed by atoms with Crippen LogP contribution in [0.4, 0.5) is 0 Å². The highest BCUT2D eigenvalue weighted by molar-refractivity contribution is 5.90. The average molecular weight is 306 g/mol. The summed E-state index contributed by atoms with van der Waals surface area (Å²) >= 11 is 0. The highest BCUT2D eigenvalue weighted by Crippen LogP contribution is 2.18. The lowest BCUT2D eigenvalue weighted by Crippen LogP contribution is -2.53. The van der Waals surface area contributed by atoms with E-state index >= 15 is 0 Å². The minimum absolute atomic E-state index is 0.0517. The second kappa shape index (κ2) is 7.72. The van der Waals surface area contributed by atoms with Crippen LogP contribution in [0.2, 0.25) is 0 Å². The number of hydrogen-bond donors (Lipinski definition) is 4. The van der Waals surface area contributed by atoms with Crippen molar-refractivity contribution in [3.63, 3.8) is 0 Å². The lowest BCUT2D eigenvalue weighted by atomic mass is 9.88. The summed E-state index contributed by atoms with van der Waals surface area (Å²) in [5.74, 6) is -1.53. The fraction of sp³-hybridized carbons (Fsp3) is 0.375. The quantitative estimate of drug-likeness (QED) is 0.350. The third-order valence-corrected chi connectivity index (χ3v) is 3.78. The Hall–Kier alpha value is -2.18. The molecule has 0 unspecified atom stereocenters. The Morgan fingerprint density at radius 2 is 1.86 bits per heavy atom. The summed E-state index contributed by atoms with van der Waals surface area (Å²) in [6.07, 6.45) is 2.78. The average Bonchev–Trinajstić information content (AvgIpc) is 2.50. The molecule has 120 valence electrons. The van der Waals surface area contributed by atoms with Crippen LogP contribution in [0.25, 0.3) is 6.08 Å². The Kier molecular flexibility index (Phi) is 6.27. The number of amides is 1. The van der Waals surface area contributed by atoms with E-state index in [1.54, 1.807) is 13.0 Å². The van der Waals surface area contributed by atoms with E-state index < -0.39 is 17.4 Å². The Bertz CT molecular complexity index is 552. The molecule has 0 saturated carbocycles. The van der Waals surface area contributed by atoms with E-state index in [0.29, 0.717) is 6.54 Å². The number of rotatable bonds is 7. The van der Waals surface area contributed by atoms with Crippen LogP contribution in [0.1, 0.15) is 31.9 Å². The van der Waals surface area contributed by atoms with Gasteiger partial charge in [-0.05, 0) is 30.0 Å². The SMILES string of the molecule is CC(C)[C@@](C)(NCc1ccc(C=CC(=O)NO)cc1)C(=O)O. The van der Waals surface area contributed by atoms with E-state index in [1.807, 2.05) is 38.1 Å². The van der Waals surface area contributed by atoms with Crippen molar-refractivity contribution in [2.45, 2.75) is 32.9 Å². The van der Waals surface area contributed by atoms with Crippen molar-refractivity contribution >= 4 is 18.0 Å². The first kappa shape index (κ1) is 17.9. The third kappa shape index (κ3) is 4.68. The summed E-state index contributed by atoms with van der Waals surface area (Å²) < 4.78 is 0. The number of carbonyl (C=O) groups is 2. The number of carboxylic acids is 1. The zero-order chi connectivity index (χ0) is 16.8. The van der Waals surface area contributed by atoms with E-state index in [2.05, 4.69) is 5.32 Å². The lowest BCUT2D eigenvalue weighted by Gasteiger charge is -2.30. The van der Waals surface area contributed by atoms with Crippen LogP contribution in [0.3, 0.4) is 0 Å². The standard InChI is InChI=1S/C16H22N2O4/c1-11(2)16(3,15(20)21)17-10-13-6-4-12(5-7-13)8-9-14(19)18-22/h4-9,11,17,22H,10H2,1-3H3,(H,18,19)(H,20,21)/t16-/m1/s1. The first-order valence-electron chi connectivity index (χ1n) is 6.99. The number of nitrogens with one attached hydrogen (secondary N) is 2. The Morgan fingerprint density at radius 1 is 1.27 bits per heavy atom. The maximum Gasteiger partial charge on any atom is 0.323 e. The van der Waals surface area contributed by atoms with E-state index in [9.17, 15) is 14.7 Å². The first-order chi connectivity index (χ1) is 10.3. The molecule has 0 aliphatic heterocycles. The van der Waals surface area contributed by atoms with Crippen molar-refractivity contribution in [1.82, 2.24) is 10.8 Å². The maximum atomic E-state index is 11.4. The lowest BCUT2D eigenvalue weighted by molar-refractivity contribution is -0.146. The van der Waals surface area contributed by atoms with E-state index in [1.165, 1.54) is 11.6 Å². The predicted octanol–water partition coefficient (Wildman–Crippen LogP) is 1.79. The van der Waals surface area contributed by atoms with E-state index in [0.717, 1.165) is 11.1 Å². The van der Waals surface area contributed by atoms with Gasteiger partial charge in [0.1, 0.15) is 5.54 Å². The fourth-order valence-electron chi connectivity index (χ4n) is 1.77. The van der Waals surface area contributed by atoms with Gasteiger partial charge in [-0.25, -0.2) is 5.48 Å². The number of hydroxylamine groups is 1. The summed E-state index contributed by atoms with van der Waals surface area (Å²) in [6, 6.07) is 7.33. The van der Waals surface area contributed by atoms with Gasteiger partial charge in [-0.3, -0.25) is 20.1 Å². The summed E-state index contributed by atoms with van der Waals surface area (Å²) in [6.45, 7) is 5.83. The Labute approximate surface area is 129 Å². The molecule has 0 aliphatic rings. The van der Waals surface area contributed by atoms with Crippen LogP contribution in [0.5, 0.6) is 0 Å². The van der Waals surface area contributed by atoms with Crippen LogP contribution >= 0.6 is 0 Å². The van der Waals surface area contributed by atoms with Crippen LogP contribution in [0, 0.1) is 5.92 Å². The zero-order valence-corrected chi connectivity index (χ0v) is 13.0. The molecule has 0 bridgehead atoms. The van der Waals surface area contributed by atoms with Gasteiger partial charge in [-0.2, -0.15) is 0 Å². The first-order valence-corrected chi connectivity index (χ1v) is 6.99. The van der Waals surface area contributed by atoms with Crippen molar-refractivity contribution in [2.75, 3.05) is 0 Å². The minimum atomic E-state index is -0.988. The monoisotopic (exact) mass is 306 g/mol. The molecule has 1 aromatic carbocycles. The van der Waals surface area contributed by atoms with Gasteiger partial charge in [-0.15, -0.1) is 0 Å². The van der Waals surface area contributed by atoms with Crippen molar-refractivity contribution < 1.29 is 19.9 Å². The van der Waals surface area contributed by atoms with Gasteiger partial charge in [0.2, 0.25) is 0 Å². The van der Waals surface area contributed by atoms with Crippen molar-refractivity contribution in [3.8, 4) is 0 Å². The van der Waals surface area contributed by atoms with E-state index in [4.69, 9.17) is 5.21 Å². The Morgan fingerprint density at radius 3 is 2.32 bits per heavy atom. The summed E-state index contributed by atoms with van der Waals surface area (Å²) in [7, 11) is 0. The number of aliphatic carboxylic acids is 1. The molecular weight excluding hydrogens is 284 g/mol. The summed E-state index contributed by atoms with van der Waals surface area (Å²) in [5.41, 5.74) is 2.27. The molecule has 0 heterocycles. The molecule has 6 heteroatoms. The smallest absolute Gasteiger partial charge is 0.323 e.